The van der Waals surface area contributed by atoms with Gasteiger partial charge in [0.25, 0.3) is 0 Å². The molecule has 3 heterocycles. The van der Waals surface area contributed by atoms with Crippen LogP contribution in [-0.2, 0) is 18.2 Å². The van der Waals surface area contributed by atoms with Gasteiger partial charge in [-0.25, -0.2) is 19.7 Å². The van der Waals surface area contributed by atoms with Crippen LogP contribution >= 0.6 is 11.3 Å². The number of nitrogens with one attached hydrogen (secondary N) is 1. The summed E-state index contributed by atoms with van der Waals surface area (Å²) in [4.78, 5) is 25.1. The predicted octanol–water partition coefficient (Wildman–Crippen LogP) is 5.81. The molecule has 198 valence electrons. The first-order chi connectivity index (χ1) is 18.5. The van der Waals surface area contributed by atoms with Gasteiger partial charge >= 0.3 is 12.1 Å². The van der Waals surface area contributed by atoms with Crippen molar-refractivity contribution in [3.05, 3.63) is 87.2 Å². The highest BCUT2D eigenvalue weighted by Crippen LogP contribution is 2.45. The van der Waals surface area contributed by atoms with Crippen molar-refractivity contribution in [2.75, 3.05) is 5.32 Å². The lowest BCUT2D eigenvalue weighted by molar-refractivity contribution is -0.137. The van der Waals surface area contributed by atoms with E-state index in [2.05, 4.69) is 20.3 Å². The molecular weight excluding hydrogens is 531 g/mol. The molecular formula is C27H20F3N5O3S. The Kier molecular flexibility index (Phi) is 6.57. The van der Waals surface area contributed by atoms with Crippen LogP contribution in [-0.4, -0.2) is 31.1 Å². The van der Waals surface area contributed by atoms with Gasteiger partial charge in [-0.15, -0.1) is 11.3 Å². The molecule has 1 aliphatic carbocycles. The molecule has 12 heteroatoms. The number of aromatic carboxylic acids is 1. The number of rotatable bonds is 5. The molecule has 0 fully saturated rings. The van der Waals surface area contributed by atoms with Crippen LogP contribution in [0.3, 0.4) is 0 Å². The third-order valence-corrected chi connectivity index (χ3v) is 7.66. The number of carbonyl (C=O) groups is 1. The highest BCUT2D eigenvalue weighted by atomic mass is 32.1. The van der Waals surface area contributed by atoms with Gasteiger partial charge in [0.2, 0.25) is 0 Å². The average molecular weight is 552 g/mol. The van der Waals surface area contributed by atoms with Crippen LogP contribution in [0, 0.1) is 18.3 Å². The zero-order valence-corrected chi connectivity index (χ0v) is 21.2. The second-order valence-corrected chi connectivity index (χ2v) is 10.2. The zero-order chi connectivity index (χ0) is 27.9. The van der Waals surface area contributed by atoms with Gasteiger partial charge in [-0.1, -0.05) is 6.07 Å². The van der Waals surface area contributed by atoms with E-state index in [0.29, 0.717) is 46.0 Å². The normalized spacial score (nSPS) is 16.8. The number of alkyl halides is 3. The predicted molar refractivity (Wildman–Crippen MR) is 137 cm³/mol. The van der Waals surface area contributed by atoms with Gasteiger partial charge in [-0.2, -0.15) is 18.4 Å². The lowest BCUT2D eigenvalue weighted by Crippen LogP contribution is -2.32. The number of hydrogen-bond acceptors (Lipinski definition) is 8. The smallest absolute Gasteiger partial charge is 0.416 e. The molecule has 1 aliphatic rings. The van der Waals surface area contributed by atoms with E-state index in [1.54, 1.807) is 18.3 Å². The highest BCUT2D eigenvalue weighted by molar-refractivity contribution is 7.15. The highest BCUT2D eigenvalue weighted by Gasteiger charge is 2.40. The number of aliphatic hydroxyl groups is 1. The molecule has 1 atom stereocenters. The van der Waals surface area contributed by atoms with Crippen LogP contribution in [0.15, 0.2) is 48.8 Å². The van der Waals surface area contributed by atoms with E-state index in [0.717, 1.165) is 23.9 Å². The minimum Gasteiger partial charge on any atom is -0.478 e. The number of pyridine rings is 2. The maximum absolute atomic E-state index is 13.1. The van der Waals surface area contributed by atoms with Gasteiger partial charge in [0.15, 0.2) is 0 Å². The lowest BCUT2D eigenvalue weighted by atomic mass is 9.77. The van der Waals surface area contributed by atoms with Crippen molar-refractivity contribution < 1.29 is 28.2 Å². The number of carboxylic acid groups (broad SMARTS) is 1. The quantitative estimate of drug-likeness (QED) is 0.283. The third kappa shape index (κ3) is 4.94. The fourth-order valence-corrected chi connectivity index (χ4v) is 5.74. The van der Waals surface area contributed by atoms with Crippen LogP contribution < -0.4 is 5.32 Å². The molecule has 3 N–H and O–H groups in total. The Morgan fingerprint density at radius 3 is 2.69 bits per heavy atom. The number of nitrogens with zero attached hydrogens (tertiary/aromatic N) is 4. The Bertz CT molecular complexity index is 1650. The minimum atomic E-state index is -4.51. The van der Waals surface area contributed by atoms with E-state index < -0.39 is 23.3 Å². The number of thiazole rings is 1. The number of benzene rings is 1. The second kappa shape index (κ2) is 9.76. The molecule has 3 aromatic heterocycles. The van der Waals surface area contributed by atoms with Crippen molar-refractivity contribution in [2.45, 2.75) is 38.0 Å². The summed E-state index contributed by atoms with van der Waals surface area (Å²) in [5.41, 5.74) is -0.211. The van der Waals surface area contributed by atoms with Crippen molar-refractivity contribution in [2.24, 2.45) is 0 Å². The fourth-order valence-electron chi connectivity index (χ4n) is 4.73. The van der Waals surface area contributed by atoms with E-state index in [-0.39, 0.29) is 22.8 Å². The summed E-state index contributed by atoms with van der Waals surface area (Å²) in [5, 5.41) is 34.1. The maximum Gasteiger partial charge on any atom is 0.416 e. The molecule has 0 bridgehead atoms. The molecule has 0 radical (unpaired) electrons. The van der Waals surface area contributed by atoms with Crippen molar-refractivity contribution >= 4 is 28.9 Å². The van der Waals surface area contributed by atoms with Gasteiger partial charge in [-0.05, 0) is 73.2 Å². The monoisotopic (exact) mass is 551 g/mol. The zero-order valence-electron chi connectivity index (χ0n) is 20.4. The first-order valence-electron chi connectivity index (χ1n) is 11.8. The molecule has 0 spiro atoms. The van der Waals surface area contributed by atoms with E-state index in [9.17, 15) is 33.4 Å². The molecule has 0 saturated carbocycles. The number of hydrogen-bond donors (Lipinski definition) is 3. The van der Waals surface area contributed by atoms with Gasteiger partial charge in [0, 0.05) is 12.4 Å². The van der Waals surface area contributed by atoms with E-state index >= 15 is 0 Å². The Morgan fingerprint density at radius 1 is 1.18 bits per heavy atom. The molecule has 4 aromatic rings. The van der Waals surface area contributed by atoms with Crippen LogP contribution in [0.4, 0.5) is 24.8 Å². The summed E-state index contributed by atoms with van der Waals surface area (Å²) < 4.78 is 39.3. The van der Waals surface area contributed by atoms with Gasteiger partial charge < -0.3 is 15.5 Å². The molecule has 39 heavy (non-hydrogen) atoms. The summed E-state index contributed by atoms with van der Waals surface area (Å²) in [7, 11) is 0. The summed E-state index contributed by atoms with van der Waals surface area (Å²) in [6, 6.07) is 10.1. The summed E-state index contributed by atoms with van der Waals surface area (Å²) in [5.74, 6) is -0.940. The maximum atomic E-state index is 13.1. The fraction of sp³-hybridized carbons (Fsp3) is 0.222. The summed E-state index contributed by atoms with van der Waals surface area (Å²) in [6.07, 6.45) is -0.576. The number of carboxylic acids is 1. The average Bonchev–Trinajstić information content (AvgIpc) is 3.39. The van der Waals surface area contributed by atoms with Crippen molar-refractivity contribution in [3.63, 3.8) is 0 Å². The Labute approximate surface area is 224 Å². The van der Waals surface area contributed by atoms with Crippen molar-refractivity contribution in [1.29, 1.82) is 5.26 Å². The summed E-state index contributed by atoms with van der Waals surface area (Å²) in [6.45, 7) is 1.81. The van der Waals surface area contributed by atoms with E-state index in [4.69, 9.17) is 0 Å². The van der Waals surface area contributed by atoms with Gasteiger partial charge in [0.05, 0.1) is 27.3 Å². The van der Waals surface area contributed by atoms with Crippen LogP contribution in [0.25, 0.3) is 10.6 Å². The first-order valence-corrected chi connectivity index (χ1v) is 12.6. The first kappa shape index (κ1) is 26.3. The van der Waals surface area contributed by atoms with Crippen LogP contribution in [0.2, 0.25) is 0 Å². The lowest BCUT2D eigenvalue weighted by Gasteiger charge is -2.33. The number of aromatic nitrogens is 3. The van der Waals surface area contributed by atoms with E-state index in [1.807, 2.05) is 13.0 Å². The van der Waals surface area contributed by atoms with E-state index in [1.165, 1.54) is 23.5 Å². The minimum absolute atomic E-state index is 0.0129. The molecule has 5 rings (SSSR count). The topological polar surface area (TPSA) is 132 Å². The molecule has 1 aromatic carbocycles. The third-order valence-electron chi connectivity index (χ3n) is 6.49. The number of anilines is 2. The van der Waals surface area contributed by atoms with Crippen molar-refractivity contribution in [3.8, 4) is 16.6 Å². The van der Waals surface area contributed by atoms with Crippen molar-refractivity contribution in [1.82, 2.24) is 15.0 Å². The summed E-state index contributed by atoms with van der Waals surface area (Å²) >= 11 is 1.19. The number of nitriles is 1. The second-order valence-electron chi connectivity index (χ2n) is 9.14. The largest absolute Gasteiger partial charge is 0.478 e. The molecule has 0 aliphatic heterocycles. The molecule has 0 amide bonds. The number of fused-ring (bicyclic) bond motifs is 1. The number of halogens is 3. The van der Waals surface area contributed by atoms with Crippen LogP contribution in [0.1, 0.15) is 56.0 Å². The molecule has 0 saturated heterocycles. The Hall–Kier alpha value is -4.34. The van der Waals surface area contributed by atoms with Gasteiger partial charge in [0.1, 0.15) is 28.3 Å². The standard InChI is InChI=1S/C27H20F3N5O3S/c1-14-9-20(34-23(10-14)35-22-11-15(6-8-32-22)27(28,29)30)21-13-33-25(39-21)26(38)7-2-3-16-18(12-31)17(24(36)37)4-5-19(16)26/h4-6,8-11,13,38H,2-3,7H2,1H3,(H,36,37)(H,32,34,35)/t26-/m0/s1. The molecule has 8 nitrogen and oxygen atoms in total. The molecule has 0 unspecified atom stereocenters. The SMILES string of the molecule is Cc1cc(Nc2cc(C(F)(F)F)ccn2)nc(-c2cnc([C@]3(O)CCCc4c3ccc(C(=O)O)c4C#N)s2)c1. The number of aryl methyl sites for hydroxylation is 1. The van der Waals surface area contributed by atoms with Crippen LogP contribution in [0.5, 0.6) is 0 Å². The van der Waals surface area contributed by atoms with Gasteiger partial charge in [-0.3, -0.25) is 0 Å². The Balaban J connectivity index is 1.49. The Morgan fingerprint density at radius 2 is 1.97 bits per heavy atom.